The average molecular weight is 449 g/mol. The molecule has 112 valence electrons. The molecule has 20 heavy (non-hydrogen) atoms. The fraction of sp³-hybridized carbons (Fsp3) is 0.556. The number of benzene rings is 1. The molecular weight excluding hydrogens is 422 g/mol. The fourth-order valence-corrected chi connectivity index (χ4v) is 5.22. The van der Waals surface area contributed by atoms with Gasteiger partial charge in [-0.1, -0.05) is 0 Å². The van der Waals surface area contributed by atoms with E-state index >= 15 is 0 Å². The van der Waals surface area contributed by atoms with E-state index in [-0.39, 0.29) is 0 Å². The second-order valence-corrected chi connectivity index (χ2v) is 9.86. The molecule has 0 fully saturated rings. The van der Waals surface area contributed by atoms with E-state index in [4.69, 9.17) is 0 Å². The zero-order valence-corrected chi connectivity index (χ0v) is 17.6. The molecule has 0 heterocycles. The van der Waals surface area contributed by atoms with E-state index in [2.05, 4.69) is 88.2 Å². The first kappa shape index (κ1) is 18.3. The zero-order chi connectivity index (χ0) is 15.4. The van der Waals surface area contributed by atoms with E-state index < -0.39 is 0 Å². The quantitative estimate of drug-likeness (QED) is 0.401. The van der Waals surface area contributed by atoms with Crippen molar-refractivity contribution in [3.8, 4) is 0 Å². The second kappa shape index (κ2) is 8.00. The Labute approximate surface area is 145 Å². The number of rotatable bonds is 5. The van der Waals surface area contributed by atoms with Crippen LogP contribution in [-0.4, -0.2) is 15.0 Å². The van der Waals surface area contributed by atoms with Crippen molar-refractivity contribution < 1.29 is 0 Å². The number of hydrogen-bond acceptors (Lipinski definition) is 0. The first-order valence-electron chi connectivity index (χ1n) is 7.40. The predicted molar refractivity (Wildman–Crippen MR) is 102 cm³/mol. The summed E-state index contributed by atoms with van der Waals surface area (Å²) in [6, 6.07) is 4.91. The van der Waals surface area contributed by atoms with Gasteiger partial charge in [0.05, 0.1) is 0 Å². The van der Waals surface area contributed by atoms with Gasteiger partial charge in [-0.3, -0.25) is 0 Å². The topological polar surface area (TPSA) is 0 Å². The first-order chi connectivity index (χ1) is 9.23. The van der Waals surface area contributed by atoms with Gasteiger partial charge in [-0.05, 0) is 0 Å². The second-order valence-electron chi connectivity index (χ2n) is 6.32. The molecule has 0 amide bonds. The van der Waals surface area contributed by atoms with Crippen LogP contribution >= 0.6 is 22.6 Å². The molecule has 0 saturated heterocycles. The molecule has 0 atom stereocenters. The summed E-state index contributed by atoms with van der Waals surface area (Å²) >= 11 is 2.87. The molecule has 1 aromatic rings. The average Bonchev–Trinajstić information content (AvgIpc) is 2.34. The summed E-state index contributed by atoms with van der Waals surface area (Å²) in [5.74, 6) is 1.81. The molecule has 0 N–H and O–H groups in total. The molecule has 0 bridgehead atoms. The van der Waals surface area contributed by atoms with Crippen molar-refractivity contribution in [2.45, 2.75) is 66.2 Å². The Hall–Kier alpha value is 0.209. The summed E-state index contributed by atoms with van der Waals surface area (Å²) in [5.41, 5.74) is 4.62. The maximum absolute atomic E-state index is 2.45. The summed E-state index contributed by atoms with van der Waals surface area (Å²) < 4.78 is 3.02. The van der Waals surface area contributed by atoms with Crippen molar-refractivity contribution in [3.05, 3.63) is 37.4 Å². The van der Waals surface area contributed by atoms with Crippen LogP contribution in [0.25, 0.3) is 0 Å². The van der Waals surface area contributed by atoms with E-state index in [1.807, 2.05) is 0 Å². The Balaban J connectivity index is 3.46. The molecule has 0 aliphatic carbocycles. The fourth-order valence-electron chi connectivity index (χ4n) is 2.17. The van der Waals surface area contributed by atoms with E-state index in [1.165, 1.54) is 9.14 Å². The van der Waals surface area contributed by atoms with E-state index in [0.717, 1.165) is 0 Å². The van der Waals surface area contributed by atoms with Crippen molar-refractivity contribution in [2.24, 2.45) is 0 Å². The Bertz CT molecular complexity index is 451. The predicted octanol–water partition coefficient (Wildman–Crippen LogP) is 5.68. The van der Waals surface area contributed by atoms with Crippen LogP contribution in [0.4, 0.5) is 0 Å². The molecule has 0 aliphatic heterocycles. The van der Waals surface area contributed by atoms with Crippen molar-refractivity contribution in [1.82, 2.24) is 0 Å². The van der Waals surface area contributed by atoms with Crippen LogP contribution in [0.5, 0.6) is 0 Å². The third kappa shape index (κ3) is 4.89. The first-order valence-corrected chi connectivity index (χ1v) is 10.3. The minimum atomic E-state index is 0.444. The van der Waals surface area contributed by atoms with Crippen LogP contribution in [-0.2, 0) is 0 Å². The van der Waals surface area contributed by atoms with Gasteiger partial charge in [0.1, 0.15) is 0 Å². The van der Waals surface area contributed by atoms with Gasteiger partial charge in [-0.15, -0.1) is 0 Å². The molecular formula is C18H27ISe. The monoisotopic (exact) mass is 450 g/mol. The van der Waals surface area contributed by atoms with Crippen LogP contribution in [0.2, 0.25) is 0 Å². The summed E-state index contributed by atoms with van der Waals surface area (Å²) in [6.07, 6.45) is 0. The van der Waals surface area contributed by atoms with Crippen molar-refractivity contribution in [3.63, 3.8) is 0 Å². The van der Waals surface area contributed by atoms with E-state index in [1.54, 1.807) is 15.6 Å². The summed E-state index contributed by atoms with van der Waals surface area (Å²) in [4.78, 5) is 2.41. The van der Waals surface area contributed by atoms with Gasteiger partial charge in [0.15, 0.2) is 0 Å². The van der Waals surface area contributed by atoms with Crippen LogP contribution in [0.1, 0.15) is 82.9 Å². The Kier molecular flexibility index (Phi) is 7.31. The third-order valence-corrected chi connectivity index (χ3v) is 7.15. The maximum atomic E-state index is 2.45. The summed E-state index contributed by atoms with van der Waals surface area (Å²) in [6.45, 7) is 16.1. The zero-order valence-electron chi connectivity index (χ0n) is 13.8. The molecule has 0 unspecified atom stereocenters. The number of allylic oxidation sites excluding steroid dienone is 1. The van der Waals surface area contributed by atoms with E-state index in [0.29, 0.717) is 32.7 Å². The van der Waals surface area contributed by atoms with Gasteiger partial charge >= 0.3 is 146 Å². The standard InChI is InChI=1S/C18H27ISe/c1-11(2)15-8-16(12(3)4)18(20-10-14(7)19)17(9-15)13(5)6/h8-13H,1-7H3/b14-10+. The summed E-state index contributed by atoms with van der Waals surface area (Å²) in [5, 5.41) is 0. The molecule has 2 heteroatoms. The van der Waals surface area contributed by atoms with Crippen LogP contribution < -0.4 is 4.46 Å². The molecule has 0 spiro atoms. The van der Waals surface area contributed by atoms with Gasteiger partial charge in [-0.25, -0.2) is 0 Å². The van der Waals surface area contributed by atoms with Crippen LogP contribution in [0.3, 0.4) is 0 Å². The van der Waals surface area contributed by atoms with Gasteiger partial charge in [0.2, 0.25) is 0 Å². The van der Waals surface area contributed by atoms with Gasteiger partial charge in [0.25, 0.3) is 0 Å². The molecule has 0 radical (unpaired) electrons. The Morgan fingerprint density at radius 2 is 1.40 bits per heavy atom. The Morgan fingerprint density at radius 1 is 0.950 bits per heavy atom. The molecule has 1 aromatic carbocycles. The summed E-state index contributed by atoms with van der Waals surface area (Å²) in [7, 11) is 0. The van der Waals surface area contributed by atoms with Gasteiger partial charge in [0, 0.05) is 0 Å². The molecule has 0 aliphatic rings. The minimum absolute atomic E-state index is 0.444. The molecule has 1 rings (SSSR count). The van der Waals surface area contributed by atoms with Crippen LogP contribution in [0.15, 0.2) is 20.7 Å². The van der Waals surface area contributed by atoms with Crippen molar-refractivity contribution >= 4 is 42.0 Å². The van der Waals surface area contributed by atoms with Gasteiger partial charge in [-0.2, -0.15) is 0 Å². The Morgan fingerprint density at radius 3 is 1.70 bits per heavy atom. The SMILES string of the molecule is C/C(I)=C\[Se]c1c(C(C)C)cc(C(C)C)cc1C(C)C. The van der Waals surface area contributed by atoms with E-state index in [9.17, 15) is 0 Å². The van der Waals surface area contributed by atoms with Gasteiger partial charge < -0.3 is 0 Å². The molecule has 0 nitrogen and oxygen atoms in total. The number of halogens is 1. The van der Waals surface area contributed by atoms with Crippen molar-refractivity contribution in [1.29, 1.82) is 0 Å². The molecule has 0 saturated carbocycles. The number of hydrogen-bond donors (Lipinski definition) is 0. The third-order valence-electron chi connectivity index (χ3n) is 3.42. The molecule has 0 aromatic heterocycles. The van der Waals surface area contributed by atoms with Crippen molar-refractivity contribution in [2.75, 3.05) is 0 Å². The normalized spacial score (nSPS) is 12.8. The van der Waals surface area contributed by atoms with Crippen LogP contribution in [0, 0.1) is 0 Å².